The van der Waals surface area contributed by atoms with Gasteiger partial charge >= 0.3 is 0 Å². The molecular weight excluding hydrogens is 520 g/mol. The molecule has 0 fully saturated rings. The van der Waals surface area contributed by atoms with E-state index in [9.17, 15) is 9.59 Å². The highest BCUT2D eigenvalue weighted by Crippen LogP contribution is 2.35. The first-order valence-electron chi connectivity index (χ1n) is 14.0. The molecule has 1 aliphatic rings. The van der Waals surface area contributed by atoms with E-state index < -0.39 is 0 Å². The molecule has 4 heterocycles. The smallest absolute Gasteiger partial charge is 0.264 e. The number of hydrogen-bond acceptors (Lipinski definition) is 4. The van der Waals surface area contributed by atoms with E-state index in [1.165, 1.54) is 0 Å². The predicted molar refractivity (Wildman–Crippen MR) is 171 cm³/mol. The van der Waals surface area contributed by atoms with E-state index in [1.807, 2.05) is 53.1 Å². The molecule has 0 bridgehead atoms. The number of nitrogens with zero attached hydrogens (tertiary/aromatic N) is 3. The summed E-state index contributed by atoms with van der Waals surface area (Å²) in [6.07, 6.45) is 2.07. The highest BCUT2D eigenvalue weighted by molar-refractivity contribution is 6.25. The normalized spacial score (nSPS) is 13.2. The van der Waals surface area contributed by atoms with Crippen LogP contribution in [0.4, 0.5) is 5.69 Å². The number of imidazole rings is 1. The second-order valence-corrected chi connectivity index (χ2v) is 11.2. The van der Waals surface area contributed by atoms with Crippen LogP contribution in [0, 0.1) is 0 Å². The van der Waals surface area contributed by atoms with Gasteiger partial charge in [0.05, 0.1) is 27.8 Å². The van der Waals surface area contributed by atoms with Gasteiger partial charge in [0.1, 0.15) is 5.65 Å². The SMILES string of the molecule is O=c1c2ccc3c(=O)n4c5cc6ccccc6cc5nc4c4ccc(c5n1-c1cc6ccccc6cc1NCC=5)c2c34. The minimum atomic E-state index is -0.123. The van der Waals surface area contributed by atoms with E-state index in [2.05, 4.69) is 59.9 Å². The molecule has 6 nitrogen and oxygen atoms in total. The molecule has 0 saturated carbocycles. The Hall–Kier alpha value is -5.75. The molecule has 0 spiro atoms. The first-order chi connectivity index (χ1) is 20.7. The molecule has 0 saturated heterocycles. The number of rotatable bonds is 0. The average molecular weight is 541 g/mol. The third kappa shape index (κ3) is 2.62. The molecule has 3 aromatic heterocycles. The molecule has 0 unspecified atom stereocenters. The van der Waals surface area contributed by atoms with E-state index in [4.69, 9.17) is 4.98 Å². The van der Waals surface area contributed by atoms with Crippen LogP contribution in [-0.2, 0) is 0 Å². The third-order valence-electron chi connectivity index (χ3n) is 9.00. The summed E-state index contributed by atoms with van der Waals surface area (Å²) in [4.78, 5) is 33.5. The molecule has 10 rings (SSSR count). The van der Waals surface area contributed by atoms with Gasteiger partial charge in [-0.15, -0.1) is 0 Å². The summed E-state index contributed by atoms with van der Waals surface area (Å²) >= 11 is 0. The molecule has 196 valence electrons. The van der Waals surface area contributed by atoms with E-state index in [0.717, 1.165) is 70.8 Å². The van der Waals surface area contributed by atoms with Crippen LogP contribution in [0.15, 0.2) is 107 Å². The number of aromatic nitrogens is 3. The Morgan fingerprint density at radius 2 is 1.26 bits per heavy atom. The lowest BCUT2D eigenvalue weighted by Crippen LogP contribution is -2.32. The Kier molecular flexibility index (Phi) is 3.93. The first-order valence-corrected chi connectivity index (χ1v) is 14.0. The zero-order valence-electron chi connectivity index (χ0n) is 22.2. The first kappa shape index (κ1) is 22.0. The van der Waals surface area contributed by atoms with Crippen molar-refractivity contribution in [2.45, 2.75) is 0 Å². The van der Waals surface area contributed by atoms with Crippen LogP contribution in [-0.4, -0.2) is 20.5 Å². The van der Waals surface area contributed by atoms with Crippen LogP contribution in [0.25, 0.3) is 82.3 Å². The molecule has 42 heavy (non-hydrogen) atoms. The fraction of sp³-hybridized carbons (Fsp3) is 0.0278. The number of pyridine rings is 2. The summed E-state index contributed by atoms with van der Waals surface area (Å²) in [5.74, 6) is 0. The number of nitrogens with one attached hydrogen (secondary N) is 1. The molecule has 9 aromatic rings. The second-order valence-electron chi connectivity index (χ2n) is 11.2. The molecule has 1 N–H and O–H groups in total. The summed E-state index contributed by atoms with van der Waals surface area (Å²) in [5, 5.41) is 13.3. The van der Waals surface area contributed by atoms with Crippen LogP contribution >= 0.6 is 0 Å². The zero-order valence-corrected chi connectivity index (χ0v) is 22.2. The molecule has 0 atom stereocenters. The Labute approximate surface area is 236 Å². The molecule has 0 aliphatic carbocycles. The lowest BCUT2D eigenvalue weighted by atomic mass is 9.95. The van der Waals surface area contributed by atoms with E-state index in [1.54, 1.807) is 4.40 Å². The lowest BCUT2D eigenvalue weighted by Gasteiger charge is -2.17. The van der Waals surface area contributed by atoms with Gasteiger partial charge in [0.2, 0.25) is 0 Å². The summed E-state index contributed by atoms with van der Waals surface area (Å²) in [6, 6.07) is 32.3. The van der Waals surface area contributed by atoms with Crippen LogP contribution in [0.3, 0.4) is 0 Å². The second kappa shape index (κ2) is 7.50. The van der Waals surface area contributed by atoms with Crippen molar-refractivity contribution in [3.8, 4) is 5.69 Å². The maximum atomic E-state index is 14.4. The molecule has 1 aliphatic heterocycles. The van der Waals surface area contributed by atoms with Gasteiger partial charge < -0.3 is 5.32 Å². The van der Waals surface area contributed by atoms with Crippen molar-refractivity contribution in [1.82, 2.24) is 14.0 Å². The predicted octanol–water partition coefficient (Wildman–Crippen LogP) is 6.13. The van der Waals surface area contributed by atoms with Crippen molar-refractivity contribution in [3.63, 3.8) is 0 Å². The molecule has 0 radical (unpaired) electrons. The van der Waals surface area contributed by atoms with Crippen LogP contribution in [0.5, 0.6) is 0 Å². The maximum Gasteiger partial charge on any atom is 0.264 e. The van der Waals surface area contributed by atoms with Gasteiger partial charge in [-0.25, -0.2) is 4.98 Å². The fourth-order valence-electron chi connectivity index (χ4n) is 7.12. The Bertz CT molecular complexity index is 2850. The van der Waals surface area contributed by atoms with Gasteiger partial charge in [-0.1, -0.05) is 54.6 Å². The van der Waals surface area contributed by atoms with Crippen molar-refractivity contribution < 1.29 is 0 Å². The summed E-state index contributed by atoms with van der Waals surface area (Å²) in [7, 11) is 0. The van der Waals surface area contributed by atoms with Crippen LogP contribution < -0.4 is 21.8 Å². The Morgan fingerprint density at radius 1 is 0.643 bits per heavy atom. The standard InChI is InChI=1S/C36H20N4O2/c41-35-25-11-12-26-33-24(34-38-28-16-20-6-2-4-8-22(20)18-31(28)40(34)36(26)42)10-9-23(32(25)33)29-13-14-37-27-15-19-5-1-3-7-21(19)17-30(27)39(29)35/h1-13,15-18,37H,14H2. The number of hydrogen-bond donors (Lipinski definition) is 1. The number of benzene rings is 6. The third-order valence-corrected chi connectivity index (χ3v) is 9.00. The van der Waals surface area contributed by atoms with Crippen LogP contribution in [0.1, 0.15) is 0 Å². The number of anilines is 1. The Morgan fingerprint density at radius 3 is 2.05 bits per heavy atom. The van der Waals surface area contributed by atoms with Crippen molar-refractivity contribution in [1.29, 1.82) is 0 Å². The van der Waals surface area contributed by atoms with Crippen molar-refractivity contribution >= 4 is 82.3 Å². The lowest BCUT2D eigenvalue weighted by molar-refractivity contribution is 0.985. The zero-order chi connectivity index (χ0) is 27.7. The van der Waals surface area contributed by atoms with Gasteiger partial charge in [-0.3, -0.25) is 18.6 Å². The van der Waals surface area contributed by atoms with Gasteiger partial charge in [-0.2, -0.15) is 0 Å². The van der Waals surface area contributed by atoms with Crippen LogP contribution in [0.2, 0.25) is 0 Å². The minimum absolute atomic E-state index is 0.101. The van der Waals surface area contributed by atoms with E-state index in [0.29, 0.717) is 23.0 Å². The van der Waals surface area contributed by atoms with Gasteiger partial charge in [0.25, 0.3) is 11.1 Å². The topological polar surface area (TPSA) is 68.4 Å². The minimum Gasteiger partial charge on any atom is -0.380 e. The molecule has 6 aromatic carbocycles. The van der Waals surface area contributed by atoms with Gasteiger partial charge in [0, 0.05) is 38.9 Å². The summed E-state index contributed by atoms with van der Waals surface area (Å²) in [6.45, 7) is 0.574. The highest BCUT2D eigenvalue weighted by atomic mass is 16.1. The molecule has 6 heteroatoms. The molecule has 0 amide bonds. The van der Waals surface area contributed by atoms with Gasteiger partial charge in [-0.05, 0) is 70.1 Å². The van der Waals surface area contributed by atoms with Crippen molar-refractivity contribution in [2.24, 2.45) is 0 Å². The quantitative estimate of drug-likeness (QED) is 0.235. The molecular formula is C36H20N4O2. The fourth-order valence-corrected chi connectivity index (χ4v) is 7.12. The largest absolute Gasteiger partial charge is 0.380 e. The van der Waals surface area contributed by atoms with E-state index >= 15 is 0 Å². The van der Waals surface area contributed by atoms with E-state index in [-0.39, 0.29) is 11.1 Å². The van der Waals surface area contributed by atoms with Crippen molar-refractivity contribution in [2.75, 3.05) is 11.9 Å². The average Bonchev–Trinajstić information content (AvgIpc) is 3.28. The summed E-state index contributed by atoms with van der Waals surface area (Å²) < 4.78 is 3.56. The van der Waals surface area contributed by atoms with Gasteiger partial charge in [0.15, 0.2) is 0 Å². The monoisotopic (exact) mass is 540 g/mol. The maximum absolute atomic E-state index is 14.4. The number of fused-ring (bicyclic) bond motifs is 10. The highest BCUT2D eigenvalue weighted by Gasteiger charge is 2.23. The Balaban J connectivity index is 1.39. The van der Waals surface area contributed by atoms with Crippen molar-refractivity contribution in [3.05, 3.63) is 123 Å². The summed E-state index contributed by atoms with van der Waals surface area (Å²) in [5.41, 5.74) is 3.70.